The summed E-state index contributed by atoms with van der Waals surface area (Å²) in [6.45, 7) is 0. The zero-order valence-electron chi connectivity index (χ0n) is 10.9. The number of nitrogens with zero attached hydrogens (tertiary/aromatic N) is 3. The lowest BCUT2D eigenvalue weighted by Gasteiger charge is -2.12. The van der Waals surface area contributed by atoms with Crippen LogP contribution in [0.1, 0.15) is 0 Å². The van der Waals surface area contributed by atoms with Crippen LogP contribution in [0.4, 0.5) is 11.6 Å². The van der Waals surface area contributed by atoms with Gasteiger partial charge < -0.3 is 5.32 Å². The molecule has 0 bridgehead atoms. The number of anilines is 2. The Bertz CT molecular complexity index is 948. The van der Waals surface area contributed by atoms with E-state index >= 15 is 0 Å². The number of rotatable bonds is 3. The summed E-state index contributed by atoms with van der Waals surface area (Å²) in [5, 5.41) is 3.90. The molecule has 0 radical (unpaired) electrons. The summed E-state index contributed by atoms with van der Waals surface area (Å²) in [5.41, 5.74) is 0.441. The average molecular weight is 337 g/mol. The molecule has 2 N–H and O–H groups in total. The molecule has 22 heavy (non-hydrogen) atoms. The van der Waals surface area contributed by atoms with E-state index in [0.29, 0.717) is 16.5 Å². The first-order valence-corrected chi connectivity index (χ1v) is 7.86. The van der Waals surface area contributed by atoms with Crippen molar-refractivity contribution in [1.29, 1.82) is 0 Å². The minimum atomic E-state index is -4.40. The van der Waals surface area contributed by atoms with Gasteiger partial charge >= 0.3 is 0 Å². The predicted octanol–water partition coefficient (Wildman–Crippen LogP) is 2.67. The normalized spacial score (nSPS) is 11.5. The number of nitrogens with one attached hydrogen (secondary N) is 1. The molecular formula is C13H9ClN4O3S. The van der Waals surface area contributed by atoms with E-state index in [0.717, 1.165) is 0 Å². The summed E-state index contributed by atoms with van der Waals surface area (Å²) in [6.07, 6.45) is 2.63. The molecule has 1 heterocycles. The van der Waals surface area contributed by atoms with Gasteiger partial charge in [0.1, 0.15) is 17.6 Å². The van der Waals surface area contributed by atoms with Crippen molar-refractivity contribution in [2.24, 2.45) is 0 Å². The van der Waals surface area contributed by atoms with Gasteiger partial charge in [-0.05, 0) is 6.07 Å². The summed E-state index contributed by atoms with van der Waals surface area (Å²) in [7, 11) is -4.40. The van der Waals surface area contributed by atoms with Crippen molar-refractivity contribution >= 4 is 44.1 Å². The van der Waals surface area contributed by atoms with Crippen molar-refractivity contribution in [3.05, 3.63) is 48.0 Å². The summed E-state index contributed by atoms with van der Waals surface area (Å²) in [6, 6.07) is 7.83. The maximum atomic E-state index is 11.5. The summed E-state index contributed by atoms with van der Waals surface area (Å²) < 4.78 is 32.4. The van der Waals surface area contributed by atoms with Crippen LogP contribution in [-0.4, -0.2) is 27.9 Å². The molecule has 3 aromatic rings. The third-order valence-corrected chi connectivity index (χ3v) is 4.16. The quantitative estimate of drug-likeness (QED) is 0.708. The van der Waals surface area contributed by atoms with Crippen LogP contribution in [0.5, 0.6) is 0 Å². The van der Waals surface area contributed by atoms with Gasteiger partial charge in [0.15, 0.2) is 0 Å². The second kappa shape index (κ2) is 5.48. The van der Waals surface area contributed by atoms with Gasteiger partial charge in [-0.2, -0.15) is 8.42 Å². The van der Waals surface area contributed by atoms with Crippen LogP contribution in [0.15, 0.2) is 47.9 Å². The van der Waals surface area contributed by atoms with E-state index in [4.69, 9.17) is 11.6 Å². The first-order chi connectivity index (χ1) is 10.5. The molecule has 0 fully saturated rings. The molecule has 7 nitrogen and oxygen atoms in total. The van der Waals surface area contributed by atoms with Crippen LogP contribution < -0.4 is 5.32 Å². The van der Waals surface area contributed by atoms with E-state index in [1.807, 2.05) is 0 Å². The predicted molar refractivity (Wildman–Crippen MR) is 81.9 cm³/mol. The molecule has 9 heteroatoms. The lowest BCUT2D eigenvalue weighted by atomic mass is 10.1. The number of fused-ring (bicyclic) bond motifs is 1. The smallest absolute Gasteiger partial charge is 0.295 e. The Morgan fingerprint density at radius 2 is 1.73 bits per heavy atom. The van der Waals surface area contributed by atoms with Crippen molar-refractivity contribution < 1.29 is 13.0 Å². The van der Waals surface area contributed by atoms with E-state index in [2.05, 4.69) is 20.3 Å². The average Bonchev–Trinajstić information content (AvgIpc) is 2.50. The Labute approximate surface area is 130 Å². The fourth-order valence-corrected chi connectivity index (χ4v) is 3.11. The zero-order chi connectivity index (χ0) is 15.7. The Kier molecular flexibility index (Phi) is 3.65. The molecular weight excluding hydrogens is 328 g/mol. The van der Waals surface area contributed by atoms with Gasteiger partial charge in [-0.1, -0.05) is 35.9 Å². The second-order valence-electron chi connectivity index (χ2n) is 4.34. The van der Waals surface area contributed by atoms with Gasteiger partial charge in [-0.25, -0.2) is 15.0 Å². The first-order valence-electron chi connectivity index (χ1n) is 6.04. The van der Waals surface area contributed by atoms with Crippen LogP contribution in [0.25, 0.3) is 10.8 Å². The van der Waals surface area contributed by atoms with Gasteiger partial charge in [-0.15, -0.1) is 0 Å². The highest BCUT2D eigenvalue weighted by atomic mass is 35.5. The molecule has 0 spiro atoms. The highest BCUT2D eigenvalue weighted by Crippen LogP contribution is 2.36. The van der Waals surface area contributed by atoms with E-state index < -0.39 is 10.1 Å². The van der Waals surface area contributed by atoms with Crippen LogP contribution in [0.3, 0.4) is 0 Å². The van der Waals surface area contributed by atoms with Gasteiger partial charge in [0.05, 0.1) is 10.7 Å². The third-order valence-electron chi connectivity index (χ3n) is 2.97. The summed E-state index contributed by atoms with van der Waals surface area (Å²) in [5.74, 6) is 0.265. The van der Waals surface area contributed by atoms with E-state index in [1.165, 1.54) is 18.7 Å². The molecule has 0 saturated heterocycles. The maximum absolute atomic E-state index is 11.5. The number of hydrogen-bond acceptors (Lipinski definition) is 6. The number of benzene rings is 2. The Morgan fingerprint density at radius 1 is 1.09 bits per heavy atom. The molecule has 0 saturated carbocycles. The lowest BCUT2D eigenvalue weighted by molar-refractivity contribution is 0.484. The van der Waals surface area contributed by atoms with E-state index in [-0.39, 0.29) is 15.9 Å². The van der Waals surface area contributed by atoms with E-state index in [9.17, 15) is 13.0 Å². The summed E-state index contributed by atoms with van der Waals surface area (Å²) >= 11 is 6.16. The molecule has 0 atom stereocenters. The Hall–Kier alpha value is -2.29. The van der Waals surface area contributed by atoms with Crippen molar-refractivity contribution in [1.82, 2.24) is 15.0 Å². The minimum Gasteiger partial charge on any atom is -0.322 e. The molecule has 0 aliphatic carbocycles. The van der Waals surface area contributed by atoms with Crippen molar-refractivity contribution in [3.8, 4) is 0 Å². The fraction of sp³-hybridized carbons (Fsp3) is 0. The zero-order valence-corrected chi connectivity index (χ0v) is 12.5. The van der Waals surface area contributed by atoms with Gasteiger partial charge in [0, 0.05) is 10.8 Å². The van der Waals surface area contributed by atoms with Crippen LogP contribution in [-0.2, 0) is 10.1 Å². The van der Waals surface area contributed by atoms with Gasteiger partial charge in [0.2, 0.25) is 5.95 Å². The highest BCUT2D eigenvalue weighted by Gasteiger charge is 2.19. The topological polar surface area (TPSA) is 105 Å². The van der Waals surface area contributed by atoms with Gasteiger partial charge in [-0.3, -0.25) is 4.55 Å². The number of aromatic nitrogens is 3. The van der Waals surface area contributed by atoms with Crippen molar-refractivity contribution in [2.75, 3.05) is 5.32 Å². The standard InChI is InChI=1S/C13H9ClN4O3S/c14-10-5-11(22(19,20)21)8-3-1-2-4-9(8)12(10)18-13-16-6-15-7-17-13/h1-7H,(H,19,20,21)(H,15,16,17,18). The molecule has 3 rings (SSSR count). The first kappa shape index (κ1) is 14.6. The lowest BCUT2D eigenvalue weighted by Crippen LogP contribution is -2.03. The minimum absolute atomic E-state index is 0.117. The maximum Gasteiger partial charge on any atom is 0.295 e. The van der Waals surface area contributed by atoms with Crippen LogP contribution >= 0.6 is 11.6 Å². The molecule has 2 aromatic carbocycles. The molecule has 0 amide bonds. The van der Waals surface area contributed by atoms with Crippen LogP contribution in [0.2, 0.25) is 5.02 Å². The fourth-order valence-electron chi connectivity index (χ4n) is 2.07. The van der Waals surface area contributed by atoms with Crippen molar-refractivity contribution in [3.63, 3.8) is 0 Å². The van der Waals surface area contributed by atoms with E-state index in [1.54, 1.807) is 24.3 Å². The van der Waals surface area contributed by atoms with Gasteiger partial charge in [0.25, 0.3) is 10.1 Å². The number of halogens is 1. The molecule has 112 valence electrons. The monoisotopic (exact) mass is 336 g/mol. The Morgan fingerprint density at radius 3 is 2.36 bits per heavy atom. The van der Waals surface area contributed by atoms with Crippen LogP contribution in [0, 0.1) is 0 Å². The second-order valence-corrected chi connectivity index (χ2v) is 6.14. The molecule has 0 aliphatic heterocycles. The SMILES string of the molecule is O=S(=O)(O)c1cc(Cl)c(Nc2ncncn2)c2ccccc12. The molecule has 0 unspecified atom stereocenters. The van der Waals surface area contributed by atoms with Crippen molar-refractivity contribution in [2.45, 2.75) is 4.90 Å². The molecule has 1 aromatic heterocycles. The summed E-state index contributed by atoms with van der Waals surface area (Å²) in [4.78, 5) is 11.3. The largest absolute Gasteiger partial charge is 0.322 e. The highest BCUT2D eigenvalue weighted by molar-refractivity contribution is 7.86. The third kappa shape index (κ3) is 2.71. The number of hydrogen-bond donors (Lipinski definition) is 2. The Balaban J connectivity index is 2.26. The molecule has 0 aliphatic rings.